The third kappa shape index (κ3) is 67.3. The molecule has 558 valence electrons. The number of rotatable bonds is 72. The summed E-state index contributed by atoms with van der Waals surface area (Å²) < 4.78 is 68.4. The molecule has 0 aliphatic rings. The molecule has 0 spiro atoms. The summed E-state index contributed by atoms with van der Waals surface area (Å²) in [6.07, 6.45) is 48.8. The van der Waals surface area contributed by atoms with Gasteiger partial charge in [-0.15, -0.1) is 0 Å². The number of ether oxygens (including phenoxy) is 4. The van der Waals surface area contributed by atoms with E-state index in [1.54, 1.807) is 0 Å². The van der Waals surface area contributed by atoms with Gasteiger partial charge in [0.1, 0.15) is 19.3 Å². The van der Waals surface area contributed by atoms with Crippen LogP contribution in [0.15, 0.2) is 0 Å². The fraction of sp³-hybridized carbons (Fsp3) is 0.947. The number of carbonyl (C=O) groups excluding carboxylic acids is 4. The summed E-state index contributed by atoms with van der Waals surface area (Å²) in [5.74, 6) is 0.894. The summed E-state index contributed by atoms with van der Waals surface area (Å²) in [6.45, 7) is 14.1. The van der Waals surface area contributed by atoms with E-state index in [9.17, 15) is 43.2 Å². The highest BCUT2D eigenvalue weighted by atomic mass is 31.2. The van der Waals surface area contributed by atoms with Crippen LogP contribution in [0.5, 0.6) is 0 Å². The first-order valence-electron chi connectivity index (χ1n) is 38.7. The van der Waals surface area contributed by atoms with E-state index < -0.39 is 97.5 Å². The zero-order valence-corrected chi connectivity index (χ0v) is 63.4. The van der Waals surface area contributed by atoms with Crippen molar-refractivity contribution in [3.05, 3.63) is 0 Å². The van der Waals surface area contributed by atoms with Crippen LogP contribution in [0.1, 0.15) is 376 Å². The van der Waals surface area contributed by atoms with Crippen molar-refractivity contribution in [1.29, 1.82) is 0 Å². The summed E-state index contributed by atoms with van der Waals surface area (Å²) in [5.41, 5.74) is 0. The number of aliphatic hydroxyl groups excluding tert-OH is 1. The highest BCUT2D eigenvalue weighted by molar-refractivity contribution is 7.47. The maximum absolute atomic E-state index is 13.1. The van der Waals surface area contributed by atoms with Crippen LogP contribution in [0.3, 0.4) is 0 Å². The standard InChI is InChI=1S/C75H146O17P2/c1-9-68(8)54-46-38-29-23-19-15-11-13-17-21-25-31-41-49-57-74(79)91-70(61-85-72(77)55-47-39-30-24-20-16-12-10-14-18-22-27-35-43-51-65(2)3)63-89-93(81,82)87-59-69(76)60-88-94(83,84)90-64-71(62-86-73(78)56-48-40-34-33-37-45-53-67(6)7)92-75(80)58-50-42-32-26-28-36-44-52-66(4)5/h65-71,76H,9-64H2,1-8H3,(H,81,82)(H,83,84)/t68?,69-,70-,71-/m1/s1. The quantitative estimate of drug-likeness (QED) is 0.0222. The fourth-order valence-corrected chi connectivity index (χ4v) is 12.9. The lowest BCUT2D eigenvalue weighted by molar-refractivity contribution is -0.161. The van der Waals surface area contributed by atoms with E-state index in [-0.39, 0.29) is 25.7 Å². The van der Waals surface area contributed by atoms with Crippen molar-refractivity contribution in [2.75, 3.05) is 39.6 Å². The Labute approximate surface area is 575 Å². The molecule has 3 unspecified atom stereocenters. The molecular formula is C75H146O17P2. The van der Waals surface area contributed by atoms with Crippen molar-refractivity contribution in [1.82, 2.24) is 0 Å². The first kappa shape index (κ1) is 92.1. The zero-order chi connectivity index (χ0) is 69.6. The summed E-state index contributed by atoms with van der Waals surface area (Å²) in [5, 5.41) is 10.6. The number of hydrogen-bond acceptors (Lipinski definition) is 15. The largest absolute Gasteiger partial charge is 0.472 e. The lowest BCUT2D eigenvalue weighted by Gasteiger charge is -2.21. The number of hydrogen-bond donors (Lipinski definition) is 3. The zero-order valence-electron chi connectivity index (χ0n) is 61.6. The number of unbranched alkanes of at least 4 members (excludes halogenated alkanes) is 37. The number of phosphoric acid groups is 2. The molecular weight excluding hydrogens is 1230 g/mol. The van der Waals surface area contributed by atoms with E-state index in [2.05, 4.69) is 55.4 Å². The van der Waals surface area contributed by atoms with Gasteiger partial charge in [0, 0.05) is 25.7 Å². The van der Waals surface area contributed by atoms with Crippen molar-refractivity contribution in [2.24, 2.45) is 23.7 Å². The fourth-order valence-electron chi connectivity index (χ4n) is 11.3. The molecule has 94 heavy (non-hydrogen) atoms. The number of esters is 4. The topological polar surface area (TPSA) is 237 Å². The molecule has 6 atom stereocenters. The average molecular weight is 1380 g/mol. The van der Waals surface area contributed by atoms with E-state index in [0.29, 0.717) is 37.5 Å². The maximum Gasteiger partial charge on any atom is 0.472 e. The molecule has 0 aromatic rings. The molecule has 0 bridgehead atoms. The van der Waals surface area contributed by atoms with Crippen molar-refractivity contribution >= 4 is 39.5 Å². The Kier molecular flexibility index (Phi) is 63.1. The second kappa shape index (κ2) is 64.4. The molecule has 0 saturated carbocycles. The Bertz CT molecular complexity index is 1850. The van der Waals surface area contributed by atoms with E-state index in [0.717, 1.165) is 108 Å². The lowest BCUT2D eigenvalue weighted by Crippen LogP contribution is -2.30. The second-order valence-corrected chi connectivity index (χ2v) is 31.6. The van der Waals surface area contributed by atoms with E-state index in [1.165, 1.54) is 173 Å². The van der Waals surface area contributed by atoms with Gasteiger partial charge in [-0.2, -0.15) is 0 Å². The van der Waals surface area contributed by atoms with Crippen molar-refractivity contribution in [2.45, 2.75) is 395 Å². The Morgan fingerprint density at radius 3 is 0.755 bits per heavy atom. The molecule has 0 aliphatic heterocycles. The molecule has 17 nitrogen and oxygen atoms in total. The molecule has 0 saturated heterocycles. The van der Waals surface area contributed by atoms with Crippen molar-refractivity contribution < 1.29 is 80.2 Å². The van der Waals surface area contributed by atoms with Gasteiger partial charge < -0.3 is 33.8 Å². The molecule has 0 rings (SSSR count). The minimum atomic E-state index is -4.96. The van der Waals surface area contributed by atoms with Crippen molar-refractivity contribution in [3.8, 4) is 0 Å². The van der Waals surface area contributed by atoms with Gasteiger partial charge in [-0.1, -0.05) is 325 Å². The summed E-state index contributed by atoms with van der Waals surface area (Å²) in [6, 6.07) is 0. The van der Waals surface area contributed by atoms with Crippen molar-refractivity contribution in [3.63, 3.8) is 0 Å². The highest BCUT2D eigenvalue weighted by Crippen LogP contribution is 2.45. The highest BCUT2D eigenvalue weighted by Gasteiger charge is 2.30. The summed E-state index contributed by atoms with van der Waals surface area (Å²) in [4.78, 5) is 72.7. The molecule has 0 radical (unpaired) electrons. The molecule has 0 aromatic heterocycles. The van der Waals surface area contributed by atoms with Crippen LogP contribution < -0.4 is 0 Å². The van der Waals surface area contributed by atoms with E-state index in [4.69, 9.17) is 37.0 Å². The van der Waals surface area contributed by atoms with Crippen LogP contribution >= 0.6 is 15.6 Å². The minimum Gasteiger partial charge on any atom is -0.462 e. The predicted molar refractivity (Wildman–Crippen MR) is 381 cm³/mol. The third-order valence-electron chi connectivity index (χ3n) is 17.7. The molecule has 0 heterocycles. The van der Waals surface area contributed by atoms with Gasteiger partial charge in [-0.3, -0.25) is 37.3 Å². The molecule has 0 fully saturated rings. The Morgan fingerprint density at radius 1 is 0.298 bits per heavy atom. The van der Waals surface area contributed by atoms with Gasteiger partial charge in [0.25, 0.3) is 0 Å². The van der Waals surface area contributed by atoms with Crippen LogP contribution in [0, 0.1) is 23.7 Å². The van der Waals surface area contributed by atoms with E-state index in [1.807, 2.05) is 0 Å². The molecule has 19 heteroatoms. The van der Waals surface area contributed by atoms with E-state index >= 15 is 0 Å². The van der Waals surface area contributed by atoms with Crippen LogP contribution in [0.2, 0.25) is 0 Å². The number of carbonyl (C=O) groups is 4. The Balaban J connectivity index is 5.22. The van der Waals surface area contributed by atoms with Gasteiger partial charge in [0.15, 0.2) is 12.2 Å². The predicted octanol–water partition coefficient (Wildman–Crippen LogP) is 21.7. The minimum absolute atomic E-state index is 0.102. The van der Waals surface area contributed by atoms with Crippen LogP contribution in [-0.4, -0.2) is 96.7 Å². The smallest absolute Gasteiger partial charge is 0.462 e. The van der Waals surface area contributed by atoms with Gasteiger partial charge in [-0.05, 0) is 49.4 Å². The maximum atomic E-state index is 13.1. The SMILES string of the molecule is CCC(C)CCCCCCCCCCCCCCCCC(=O)O[C@H](COC(=O)CCCCCCCCCCCCCCCCC(C)C)COP(=O)(O)OC[C@@H](O)COP(=O)(O)OC[C@@H](COC(=O)CCCCCCCCC(C)C)OC(=O)CCCCCCCCCC(C)C. The monoisotopic (exact) mass is 1380 g/mol. The summed E-state index contributed by atoms with van der Waals surface area (Å²) in [7, 11) is -9.91. The van der Waals surface area contributed by atoms with Crippen LogP contribution in [0.25, 0.3) is 0 Å². The van der Waals surface area contributed by atoms with Gasteiger partial charge in [0.05, 0.1) is 26.4 Å². The van der Waals surface area contributed by atoms with Gasteiger partial charge in [0.2, 0.25) is 0 Å². The summed E-state index contributed by atoms with van der Waals surface area (Å²) >= 11 is 0. The molecule has 0 amide bonds. The lowest BCUT2D eigenvalue weighted by atomic mass is 9.99. The molecule has 0 aliphatic carbocycles. The van der Waals surface area contributed by atoms with Gasteiger partial charge >= 0.3 is 39.5 Å². The first-order valence-corrected chi connectivity index (χ1v) is 41.7. The first-order chi connectivity index (χ1) is 45.1. The van der Waals surface area contributed by atoms with Crippen LogP contribution in [0.4, 0.5) is 0 Å². The number of aliphatic hydroxyl groups is 1. The second-order valence-electron chi connectivity index (χ2n) is 28.7. The van der Waals surface area contributed by atoms with Gasteiger partial charge in [-0.25, -0.2) is 9.13 Å². The Hall–Kier alpha value is -1.94. The molecule has 3 N–H and O–H groups in total. The average Bonchev–Trinajstić information content (AvgIpc) is 1.36. The third-order valence-corrected chi connectivity index (χ3v) is 19.6. The number of phosphoric ester groups is 2. The van der Waals surface area contributed by atoms with Crippen LogP contribution in [-0.2, 0) is 65.4 Å². The Morgan fingerprint density at radius 2 is 0.511 bits per heavy atom. The molecule has 0 aromatic carbocycles. The normalized spacial score (nSPS) is 14.4.